The quantitative estimate of drug-likeness (QED) is 0.811. The normalized spacial score (nSPS) is 19.4. The predicted molar refractivity (Wildman–Crippen MR) is 84.1 cm³/mol. The molecule has 1 aliphatic carbocycles. The van der Waals surface area contributed by atoms with Crippen LogP contribution in [0.25, 0.3) is 10.2 Å². The van der Waals surface area contributed by atoms with E-state index in [1.807, 2.05) is 18.2 Å². The molecule has 0 unspecified atom stereocenters. The summed E-state index contributed by atoms with van der Waals surface area (Å²) in [6.45, 7) is 1.46. The Balaban J connectivity index is 1.40. The highest BCUT2D eigenvalue weighted by Gasteiger charge is 2.35. The van der Waals surface area contributed by atoms with Crippen LogP contribution >= 0.6 is 22.9 Å². The molecule has 0 spiro atoms. The molecule has 110 valence electrons. The molecule has 1 aromatic heterocycles. The maximum atomic E-state index is 11.8. The second kappa shape index (κ2) is 5.14. The monoisotopic (exact) mass is 322 g/mol. The van der Waals surface area contributed by atoms with Crippen molar-refractivity contribution in [2.75, 3.05) is 18.0 Å². The first kappa shape index (κ1) is 13.3. The summed E-state index contributed by atoms with van der Waals surface area (Å²) in [6, 6.07) is 5.81. The first-order valence-corrected chi connectivity index (χ1v) is 8.40. The molecular weight excluding hydrogens is 308 g/mol. The number of thiazole rings is 1. The molecule has 1 saturated heterocycles. The number of halogens is 1. The summed E-state index contributed by atoms with van der Waals surface area (Å²) in [7, 11) is 0. The van der Waals surface area contributed by atoms with Crippen LogP contribution in [0.15, 0.2) is 18.2 Å². The smallest absolute Gasteiger partial charge is 0.309 e. The van der Waals surface area contributed by atoms with E-state index in [0.29, 0.717) is 5.02 Å². The molecule has 1 aliphatic heterocycles. The number of hydrogen-bond acceptors (Lipinski definition) is 5. The number of fused-ring (bicyclic) bond motifs is 1. The third-order valence-electron chi connectivity index (χ3n) is 4.20. The molecule has 0 amide bonds. The van der Waals surface area contributed by atoms with Gasteiger partial charge in [0, 0.05) is 0 Å². The number of ether oxygens (including phenoxy) is 1. The Kier molecular flexibility index (Phi) is 3.27. The van der Waals surface area contributed by atoms with Crippen molar-refractivity contribution in [1.29, 1.82) is 0 Å². The van der Waals surface area contributed by atoms with Gasteiger partial charge in [0.05, 0.1) is 28.7 Å². The van der Waals surface area contributed by atoms with Crippen molar-refractivity contribution in [1.82, 2.24) is 4.98 Å². The number of rotatable bonds is 3. The van der Waals surface area contributed by atoms with Crippen molar-refractivity contribution in [3.8, 4) is 0 Å². The number of anilines is 1. The van der Waals surface area contributed by atoms with Gasteiger partial charge in [0.2, 0.25) is 0 Å². The van der Waals surface area contributed by atoms with E-state index in [1.165, 1.54) is 0 Å². The number of benzene rings is 1. The topological polar surface area (TPSA) is 42.4 Å². The molecule has 6 heteroatoms. The summed E-state index contributed by atoms with van der Waals surface area (Å²) < 4.78 is 6.60. The van der Waals surface area contributed by atoms with Gasteiger partial charge >= 0.3 is 5.97 Å². The van der Waals surface area contributed by atoms with Gasteiger partial charge in [0.25, 0.3) is 0 Å². The van der Waals surface area contributed by atoms with Crippen molar-refractivity contribution in [3.63, 3.8) is 0 Å². The zero-order chi connectivity index (χ0) is 14.4. The molecule has 4 nitrogen and oxygen atoms in total. The Morgan fingerprint density at radius 2 is 2.19 bits per heavy atom. The maximum absolute atomic E-state index is 11.8. The average Bonchev–Trinajstić information content (AvgIpc) is 2.76. The summed E-state index contributed by atoms with van der Waals surface area (Å²) in [4.78, 5) is 18.5. The molecule has 2 aliphatic rings. The van der Waals surface area contributed by atoms with E-state index in [4.69, 9.17) is 16.3 Å². The molecule has 1 aromatic carbocycles. The Labute approximate surface area is 131 Å². The van der Waals surface area contributed by atoms with Crippen LogP contribution in [0.3, 0.4) is 0 Å². The molecule has 2 fully saturated rings. The van der Waals surface area contributed by atoms with Gasteiger partial charge in [-0.3, -0.25) is 4.79 Å². The summed E-state index contributed by atoms with van der Waals surface area (Å²) >= 11 is 7.78. The van der Waals surface area contributed by atoms with E-state index in [0.717, 1.165) is 47.7 Å². The molecule has 1 saturated carbocycles. The van der Waals surface area contributed by atoms with Crippen LogP contribution in [-0.4, -0.2) is 30.1 Å². The predicted octanol–water partition coefficient (Wildman–Crippen LogP) is 3.48. The van der Waals surface area contributed by atoms with Crippen LogP contribution < -0.4 is 4.90 Å². The van der Waals surface area contributed by atoms with E-state index >= 15 is 0 Å². The zero-order valence-corrected chi connectivity index (χ0v) is 13.0. The molecule has 0 bridgehead atoms. The number of esters is 1. The van der Waals surface area contributed by atoms with Crippen LogP contribution in [0.4, 0.5) is 5.13 Å². The molecule has 4 rings (SSSR count). The number of hydrogen-bond donors (Lipinski definition) is 0. The van der Waals surface area contributed by atoms with E-state index in [2.05, 4.69) is 9.88 Å². The van der Waals surface area contributed by atoms with Gasteiger partial charge in [-0.1, -0.05) is 35.4 Å². The van der Waals surface area contributed by atoms with E-state index in [1.54, 1.807) is 11.3 Å². The Morgan fingerprint density at radius 3 is 2.86 bits per heavy atom. The van der Waals surface area contributed by atoms with Gasteiger partial charge in [-0.15, -0.1) is 0 Å². The van der Waals surface area contributed by atoms with E-state index in [-0.39, 0.29) is 18.0 Å². The van der Waals surface area contributed by atoms with Crippen LogP contribution in [0.2, 0.25) is 5.02 Å². The van der Waals surface area contributed by atoms with Gasteiger partial charge in [-0.05, 0) is 25.0 Å². The summed E-state index contributed by atoms with van der Waals surface area (Å²) in [5, 5.41) is 1.64. The highest BCUT2D eigenvalue weighted by molar-refractivity contribution is 7.22. The van der Waals surface area contributed by atoms with Crippen LogP contribution in [-0.2, 0) is 9.53 Å². The second-order valence-corrected chi connectivity index (χ2v) is 7.09. The van der Waals surface area contributed by atoms with Gasteiger partial charge < -0.3 is 9.64 Å². The lowest BCUT2D eigenvalue weighted by Crippen LogP contribution is -2.53. The van der Waals surface area contributed by atoms with Crippen LogP contribution in [0.1, 0.15) is 19.3 Å². The number of aromatic nitrogens is 1. The number of carbonyl (C=O) groups is 1. The van der Waals surface area contributed by atoms with Crippen LogP contribution in [0, 0.1) is 5.92 Å². The maximum Gasteiger partial charge on any atom is 0.309 e. The summed E-state index contributed by atoms with van der Waals surface area (Å²) in [6.07, 6.45) is 3.15. The van der Waals surface area contributed by atoms with Gasteiger partial charge in [0.1, 0.15) is 11.6 Å². The lowest BCUT2D eigenvalue weighted by molar-refractivity contribution is -0.158. The van der Waals surface area contributed by atoms with E-state index < -0.39 is 0 Å². The molecule has 0 N–H and O–H groups in total. The van der Waals surface area contributed by atoms with Gasteiger partial charge in [-0.25, -0.2) is 4.98 Å². The van der Waals surface area contributed by atoms with Crippen LogP contribution in [0.5, 0.6) is 0 Å². The third-order valence-corrected chi connectivity index (χ3v) is 5.58. The fourth-order valence-electron chi connectivity index (χ4n) is 2.61. The lowest BCUT2D eigenvalue weighted by Gasteiger charge is -2.39. The standard InChI is InChI=1S/C15H15ClN2O2S/c16-11-5-2-6-12-13(11)17-15(21-12)18-7-10(8-18)20-14(19)9-3-1-4-9/h2,5-6,9-10H,1,3-4,7-8H2. The number of carbonyl (C=O) groups excluding carboxylic acids is 1. The highest BCUT2D eigenvalue weighted by atomic mass is 35.5. The minimum absolute atomic E-state index is 0.0144. The second-order valence-electron chi connectivity index (χ2n) is 5.67. The minimum atomic E-state index is -0.0155. The Morgan fingerprint density at radius 1 is 1.38 bits per heavy atom. The lowest BCUT2D eigenvalue weighted by atomic mass is 9.85. The van der Waals surface area contributed by atoms with Crippen molar-refractivity contribution in [3.05, 3.63) is 23.2 Å². The average molecular weight is 323 g/mol. The van der Waals surface area contributed by atoms with E-state index in [9.17, 15) is 4.79 Å². The fourth-order valence-corrected chi connectivity index (χ4v) is 3.90. The highest BCUT2D eigenvalue weighted by Crippen LogP contribution is 2.35. The summed E-state index contributed by atoms with van der Waals surface area (Å²) in [5.41, 5.74) is 0.856. The van der Waals surface area contributed by atoms with Crippen molar-refractivity contribution >= 4 is 44.3 Å². The Hall–Kier alpha value is -1.33. The van der Waals surface area contributed by atoms with Crippen molar-refractivity contribution < 1.29 is 9.53 Å². The van der Waals surface area contributed by atoms with Gasteiger partial charge in [-0.2, -0.15) is 0 Å². The largest absolute Gasteiger partial charge is 0.458 e. The van der Waals surface area contributed by atoms with Gasteiger partial charge in [0.15, 0.2) is 5.13 Å². The molecule has 2 heterocycles. The molecule has 0 atom stereocenters. The minimum Gasteiger partial charge on any atom is -0.458 e. The first-order valence-electron chi connectivity index (χ1n) is 7.21. The van der Waals surface area contributed by atoms with Crippen molar-refractivity contribution in [2.24, 2.45) is 5.92 Å². The third kappa shape index (κ3) is 2.38. The number of para-hydroxylation sites is 1. The molecule has 0 radical (unpaired) electrons. The zero-order valence-electron chi connectivity index (χ0n) is 11.4. The molecule has 21 heavy (non-hydrogen) atoms. The summed E-state index contributed by atoms with van der Waals surface area (Å²) in [5.74, 6) is 0.138. The fraction of sp³-hybridized carbons (Fsp3) is 0.467. The first-order chi connectivity index (χ1) is 10.2. The number of nitrogens with zero attached hydrogens (tertiary/aromatic N) is 2. The van der Waals surface area contributed by atoms with Crippen molar-refractivity contribution in [2.45, 2.75) is 25.4 Å². The molecular formula is C15H15ClN2O2S. The Bertz CT molecular complexity index is 692. The SMILES string of the molecule is O=C(OC1CN(c2nc3c(Cl)cccc3s2)C1)C1CCC1. The molecule has 2 aromatic rings.